The summed E-state index contributed by atoms with van der Waals surface area (Å²) in [6.07, 6.45) is 14.0. The highest BCUT2D eigenvalue weighted by molar-refractivity contribution is 6.35. The van der Waals surface area contributed by atoms with Crippen molar-refractivity contribution in [1.29, 1.82) is 0 Å². The Balaban J connectivity index is 1.63. The highest BCUT2D eigenvalue weighted by Gasteiger charge is 2.20. The number of hydrogen-bond acceptors (Lipinski definition) is 1. The molecule has 1 atom stereocenters. The molecule has 0 fully saturated rings. The van der Waals surface area contributed by atoms with Crippen LogP contribution in [-0.2, 0) is 24.4 Å². The Labute approximate surface area is 206 Å². The molecule has 0 spiro atoms. The third-order valence-corrected chi connectivity index (χ3v) is 6.38. The SMILES string of the molecule is CCCCCCCCn1cc[n+](CC(OCc2ccc(Cl)cc2)c2ccc(Cl)cc2Cl)c1. The number of aromatic nitrogens is 2. The molecule has 2 aromatic carbocycles. The molecule has 1 unspecified atom stereocenters. The Kier molecular flexibility index (Phi) is 10.4. The van der Waals surface area contributed by atoms with Gasteiger partial charge >= 0.3 is 0 Å². The lowest BCUT2D eigenvalue weighted by Crippen LogP contribution is -2.35. The number of rotatable bonds is 13. The maximum Gasteiger partial charge on any atom is 0.243 e. The molecule has 0 N–H and O–H groups in total. The Morgan fingerprint density at radius 1 is 0.906 bits per heavy atom. The van der Waals surface area contributed by atoms with Crippen molar-refractivity contribution in [2.45, 2.75) is 71.2 Å². The zero-order valence-corrected chi connectivity index (χ0v) is 20.9. The average Bonchev–Trinajstić information content (AvgIpc) is 3.22. The van der Waals surface area contributed by atoms with Crippen LogP contribution in [0.1, 0.15) is 62.7 Å². The lowest BCUT2D eigenvalue weighted by molar-refractivity contribution is -0.704. The van der Waals surface area contributed by atoms with Crippen molar-refractivity contribution in [3.05, 3.63) is 87.4 Å². The van der Waals surface area contributed by atoms with Crippen LogP contribution >= 0.6 is 34.8 Å². The molecule has 0 saturated carbocycles. The highest BCUT2D eigenvalue weighted by atomic mass is 35.5. The number of benzene rings is 2. The summed E-state index contributed by atoms with van der Waals surface area (Å²) in [4.78, 5) is 0. The average molecular weight is 495 g/mol. The van der Waals surface area contributed by atoms with Crippen LogP contribution in [0.2, 0.25) is 15.1 Å². The molecule has 0 bridgehead atoms. The zero-order valence-electron chi connectivity index (χ0n) is 18.7. The summed E-state index contributed by atoms with van der Waals surface area (Å²) in [5, 5.41) is 1.95. The van der Waals surface area contributed by atoms with Gasteiger partial charge < -0.3 is 4.74 Å². The van der Waals surface area contributed by atoms with Gasteiger partial charge in [0, 0.05) is 20.6 Å². The highest BCUT2D eigenvalue weighted by Crippen LogP contribution is 2.29. The maximum absolute atomic E-state index is 6.52. The number of hydrogen-bond donors (Lipinski definition) is 0. The van der Waals surface area contributed by atoms with E-state index < -0.39 is 0 Å². The van der Waals surface area contributed by atoms with E-state index in [2.05, 4.69) is 34.8 Å². The fourth-order valence-corrected chi connectivity index (χ4v) is 4.38. The Hall–Kier alpha value is -1.52. The van der Waals surface area contributed by atoms with Crippen molar-refractivity contribution in [3.63, 3.8) is 0 Å². The molecule has 0 saturated heterocycles. The zero-order chi connectivity index (χ0) is 22.8. The number of aryl methyl sites for hydroxylation is 1. The van der Waals surface area contributed by atoms with E-state index in [1.165, 1.54) is 38.5 Å². The lowest BCUT2D eigenvalue weighted by atomic mass is 10.1. The van der Waals surface area contributed by atoms with Crippen molar-refractivity contribution >= 4 is 34.8 Å². The topological polar surface area (TPSA) is 18.0 Å². The fourth-order valence-electron chi connectivity index (χ4n) is 3.73. The second-order valence-electron chi connectivity index (χ2n) is 8.21. The van der Waals surface area contributed by atoms with E-state index in [1.54, 1.807) is 6.07 Å². The quantitative estimate of drug-likeness (QED) is 0.174. The Bertz CT molecular complexity index is 956. The van der Waals surface area contributed by atoms with E-state index in [1.807, 2.05) is 36.4 Å². The van der Waals surface area contributed by atoms with Crippen molar-refractivity contribution in [2.24, 2.45) is 0 Å². The molecule has 0 radical (unpaired) electrons. The predicted octanol–water partition coefficient (Wildman–Crippen LogP) is 8.05. The molecule has 1 aromatic heterocycles. The molecule has 1 heterocycles. The van der Waals surface area contributed by atoms with Crippen molar-refractivity contribution in [2.75, 3.05) is 0 Å². The molecule has 32 heavy (non-hydrogen) atoms. The van der Waals surface area contributed by atoms with Gasteiger partial charge in [0.2, 0.25) is 6.33 Å². The predicted molar refractivity (Wildman–Crippen MR) is 133 cm³/mol. The summed E-state index contributed by atoms with van der Waals surface area (Å²) in [6, 6.07) is 13.3. The molecule has 6 heteroatoms. The summed E-state index contributed by atoms with van der Waals surface area (Å²) in [5.41, 5.74) is 2.00. The van der Waals surface area contributed by atoms with E-state index in [9.17, 15) is 0 Å². The monoisotopic (exact) mass is 493 g/mol. The van der Waals surface area contributed by atoms with Crippen LogP contribution in [0.15, 0.2) is 61.2 Å². The van der Waals surface area contributed by atoms with Gasteiger partial charge in [-0.25, -0.2) is 9.13 Å². The minimum Gasteiger partial charge on any atom is -0.365 e. The summed E-state index contributed by atoms with van der Waals surface area (Å²) >= 11 is 18.6. The van der Waals surface area contributed by atoms with Crippen LogP contribution in [0.3, 0.4) is 0 Å². The van der Waals surface area contributed by atoms with Gasteiger partial charge in [-0.15, -0.1) is 0 Å². The first-order valence-electron chi connectivity index (χ1n) is 11.4. The second-order valence-corrected chi connectivity index (χ2v) is 9.49. The largest absolute Gasteiger partial charge is 0.365 e. The van der Waals surface area contributed by atoms with Gasteiger partial charge in [-0.2, -0.15) is 0 Å². The van der Waals surface area contributed by atoms with Crippen LogP contribution in [0.4, 0.5) is 0 Å². The standard InChI is InChI=1S/C26H32Cl3N2O/c1-2-3-4-5-6-7-14-30-15-16-31(20-30)18-26(24-13-12-23(28)17-25(24)29)32-19-21-8-10-22(27)11-9-21/h8-13,15-17,20,26H,2-7,14,18-19H2,1H3/q+1. The molecule has 0 aliphatic rings. The van der Waals surface area contributed by atoms with Gasteiger partial charge in [0.15, 0.2) is 0 Å². The molecular formula is C26H32Cl3N2O+. The Morgan fingerprint density at radius 2 is 1.62 bits per heavy atom. The number of halogens is 3. The first kappa shape index (κ1) is 25.1. The summed E-state index contributed by atoms with van der Waals surface area (Å²) in [6.45, 7) is 4.43. The fraction of sp³-hybridized carbons (Fsp3) is 0.423. The molecule has 0 aliphatic carbocycles. The maximum atomic E-state index is 6.52. The van der Waals surface area contributed by atoms with Crippen LogP contribution in [-0.4, -0.2) is 4.57 Å². The number of ether oxygens (including phenoxy) is 1. The molecule has 3 aromatic rings. The van der Waals surface area contributed by atoms with Crippen molar-refractivity contribution in [1.82, 2.24) is 4.57 Å². The van der Waals surface area contributed by atoms with Crippen molar-refractivity contribution < 1.29 is 9.30 Å². The van der Waals surface area contributed by atoms with Gasteiger partial charge in [0.05, 0.1) is 13.2 Å². The third kappa shape index (κ3) is 8.12. The van der Waals surface area contributed by atoms with Crippen LogP contribution in [0.25, 0.3) is 0 Å². The third-order valence-electron chi connectivity index (χ3n) is 5.57. The van der Waals surface area contributed by atoms with E-state index in [4.69, 9.17) is 39.5 Å². The second kappa shape index (κ2) is 13.3. The van der Waals surface area contributed by atoms with Crippen molar-refractivity contribution in [3.8, 4) is 0 Å². The molecule has 0 amide bonds. The summed E-state index contributed by atoms with van der Waals surface area (Å²) in [7, 11) is 0. The van der Waals surface area contributed by atoms with Gasteiger partial charge in [-0.1, -0.05) is 85.6 Å². The van der Waals surface area contributed by atoms with Crippen LogP contribution in [0, 0.1) is 0 Å². The van der Waals surface area contributed by atoms with Gasteiger partial charge in [0.1, 0.15) is 25.0 Å². The van der Waals surface area contributed by atoms with Gasteiger partial charge in [0.25, 0.3) is 0 Å². The summed E-state index contributed by atoms with van der Waals surface area (Å²) in [5.74, 6) is 0. The van der Waals surface area contributed by atoms with E-state index >= 15 is 0 Å². The molecule has 3 rings (SSSR count). The minimum absolute atomic E-state index is 0.203. The summed E-state index contributed by atoms with van der Waals surface area (Å²) < 4.78 is 10.7. The Morgan fingerprint density at radius 3 is 2.38 bits per heavy atom. The minimum atomic E-state index is -0.203. The smallest absolute Gasteiger partial charge is 0.243 e. The van der Waals surface area contributed by atoms with Gasteiger partial charge in [-0.05, 0) is 42.7 Å². The van der Waals surface area contributed by atoms with E-state index in [0.29, 0.717) is 28.2 Å². The van der Waals surface area contributed by atoms with Crippen LogP contribution in [0.5, 0.6) is 0 Å². The molecular weight excluding hydrogens is 463 g/mol. The first-order valence-corrected chi connectivity index (χ1v) is 12.5. The van der Waals surface area contributed by atoms with E-state index in [0.717, 1.165) is 17.7 Å². The lowest BCUT2D eigenvalue weighted by Gasteiger charge is -2.18. The molecule has 172 valence electrons. The van der Waals surface area contributed by atoms with Gasteiger partial charge in [-0.3, -0.25) is 0 Å². The molecule has 3 nitrogen and oxygen atoms in total. The van der Waals surface area contributed by atoms with Crippen LogP contribution < -0.4 is 4.57 Å². The number of unbranched alkanes of at least 4 members (excludes halogenated alkanes) is 5. The first-order chi connectivity index (χ1) is 15.5. The number of imidazole rings is 1. The number of nitrogens with zero attached hydrogens (tertiary/aromatic N) is 2. The normalized spacial score (nSPS) is 12.2. The van der Waals surface area contributed by atoms with E-state index in [-0.39, 0.29) is 6.10 Å². The molecule has 0 aliphatic heterocycles.